The van der Waals surface area contributed by atoms with Crippen LogP contribution >= 0.6 is 0 Å². The van der Waals surface area contributed by atoms with Gasteiger partial charge in [0.25, 0.3) is 0 Å². The van der Waals surface area contributed by atoms with E-state index < -0.39 is 0 Å². The van der Waals surface area contributed by atoms with Gasteiger partial charge in [-0.05, 0) is 34.7 Å². The number of nitrogens with zero attached hydrogens (tertiary/aromatic N) is 5. The van der Waals surface area contributed by atoms with Gasteiger partial charge >= 0.3 is 0 Å². The maximum atomic E-state index is 13.7. The molecular weight excluding hydrogens is 701 g/mol. The number of nitrogens with one attached hydrogen (secondary N) is 2. The molecule has 0 spiro atoms. The Kier molecular flexibility index (Phi) is 11.5. The summed E-state index contributed by atoms with van der Waals surface area (Å²) in [5.41, 5.74) is 13.8. The quantitative estimate of drug-likeness (QED) is 0.0630. The number of hydrogen-bond donors (Lipinski definition) is 3. The van der Waals surface area contributed by atoms with Gasteiger partial charge in [0.2, 0.25) is 0 Å². The topological polar surface area (TPSA) is 144 Å². The van der Waals surface area contributed by atoms with Crippen molar-refractivity contribution in [1.29, 1.82) is 0 Å². The summed E-state index contributed by atoms with van der Waals surface area (Å²) >= 11 is 0. The fourth-order valence-electron chi connectivity index (χ4n) is 6.93. The summed E-state index contributed by atoms with van der Waals surface area (Å²) in [5.74, 6) is 1.97. The first-order valence-corrected chi connectivity index (χ1v) is 19.1. The third-order valence-corrected chi connectivity index (χ3v) is 10.6. The third-order valence-electron chi connectivity index (χ3n) is 10.6. The number of carbonyl (C=O) groups excluding carboxylic acids is 2. The number of aliphatic imine (C=N–C) groups is 1. The van der Waals surface area contributed by atoms with Crippen molar-refractivity contribution >= 4 is 29.2 Å². The summed E-state index contributed by atoms with van der Waals surface area (Å²) in [6, 6.07) is 36.7. The Morgan fingerprint density at radius 2 is 1.38 bits per heavy atom. The molecule has 3 heterocycles. The molecule has 11 nitrogen and oxygen atoms in total. The molecule has 2 unspecified atom stereocenters. The molecule has 1 saturated heterocycles. The zero-order valence-electron chi connectivity index (χ0n) is 32.3. The maximum Gasteiger partial charge on any atom is 0.198 e. The smallest absolute Gasteiger partial charge is 0.198 e. The van der Waals surface area contributed by atoms with Crippen LogP contribution in [0.25, 0.3) is 0 Å². The van der Waals surface area contributed by atoms with Crippen molar-refractivity contribution in [2.24, 2.45) is 17.8 Å². The summed E-state index contributed by atoms with van der Waals surface area (Å²) < 4.78 is 7.16. The number of ketones is 2. The second-order valence-electron chi connectivity index (χ2n) is 14.5. The van der Waals surface area contributed by atoms with Gasteiger partial charge in [-0.2, -0.15) is 15.2 Å². The van der Waals surface area contributed by atoms with E-state index in [2.05, 4.69) is 41.3 Å². The third kappa shape index (κ3) is 8.63. The molecule has 6 aromatic rings. The van der Waals surface area contributed by atoms with Crippen LogP contribution in [-0.2, 0) is 11.8 Å². The Hall–Kier alpha value is -6.33. The Labute approximate surface area is 327 Å². The summed E-state index contributed by atoms with van der Waals surface area (Å²) in [7, 11) is 1.86. The number of rotatable bonds is 13. The van der Waals surface area contributed by atoms with E-state index in [4.69, 9.17) is 15.6 Å². The second kappa shape index (κ2) is 17.0. The molecule has 2 aromatic heterocycles. The molecular formula is C45H48N8O3. The van der Waals surface area contributed by atoms with Gasteiger partial charge in [-0.3, -0.25) is 19.4 Å². The first kappa shape index (κ1) is 38.0. The lowest BCUT2D eigenvalue weighted by atomic mass is 9.93. The van der Waals surface area contributed by atoms with E-state index in [-0.39, 0.29) is 29.3 Å². The molecule has 286 valence electrons. The summed E-state index contributed by atoms with van der Waals surface area (Å²) in [6.07, 6.45) is 0. The summed E-state index contributed by atoms with van der Waals surface area (Å²) in [6.45, 7) is 9.67. The van der Waals surface area contributed by atoms with Crippen LogP contribution in [0.3, 0.4) is 0 Å². The van der Waals surface area contributed by atoms with Crippen molar-refractivity contribution in [1.82, 2.24) is 24.9 Å². The molecule has 4 N–H and O–H groups in total. The van der Waals surface area contributed by atoms with Crippen molar-refractivity contribution in [3.63, 3.8) is 0 Å². The van der Waals surface area contributed by atoms with Gasteiger partial charge in [0.05, 0.1) is 18.9 Å². The van der Waals surface area contributed by atoms with Gasteiger partial charge in [-0.1, -0.05) is 112 Å². The molecule has 0 bridgehead atoms. The highest BCUT2D eigenvalue weighted by atomic mass is 16.5. The van der Waals surface area contributed by atoms with E-state index in [9.17, 15) is 9.59 Å². The number of ether oxygens (including phenoxy) is 1. The SMILES string of the molecule is CC(c1cccc(C(=O)c2ccc([C@@H](C)CNc3cc(C(C)c4cccc(C(=O)c5ccccc5)c4)[nH]n3)cc2)c1)c1cc(N=C(N)N2CCOCC2)n(C)n1. The molecule has 0 aliphatic carbocycles. The number of carbonyl (C=O) groups is 2. The average molecular weight is 749 g/mol. The van der Waals surface area contributed by atoms with Gasteiger partial charge in [0, 0.05) is 78.6 Å². The Balaban J connectivity index is 0.949. The second-order valence-corrected chi connectivity index (χ2v) is 14.5. The van der Waals surface area contributed by atoms with Crippen LogP contribution in [0.5, 0.6) is 0 Å². The van der Waals surface area contributed by atoms with Crippen LogP contribution in [0.2, 0.25) is 0 Å². The van der Waals surface area contributed by atoms with Crippen LogP contribution in [0.15, 0.2) is 120 Å². The van der Waals surface area contributed by atoms with Crippen molar-refractivity contribution in [3.05, 3.63) is 166 Å². The first-order chi connectivity index (χ1) is 27.1. The van der Waals surface area contributed by atoms with Crippen molar-refractivity contribution < 1.29 is 14.3 Å². The van der Waals surface area contributed by atoms with Crippen molar-refractivity contribution in [2.45, 2.75) is 38.5 Å². The van der Waals surface area contributed by atoms with E-state index in [0.29, 0.717) is 66.9 Å². The van der Waals surface area contributed by atoms with Gasteiger partial charge in [0.1, 0.15) is 5.82 Å². The van der Waals surface area contributed by atoms with E-state index in [1.165, 1.54) is 0 Å². The number of aryl methyl sites for hydroxylation is 1. The van der Waals surface area contributed by atoms with E-state index in [1.807, 2.05) is 127 Å². The zero-order valence-corrected chi connectivity index (χ0v) is 32.3. The largest absolute Gasteiger partial charge is 0.378 e. The van der Waals surface area contributed by atoms with Crippen LogP contribution in [0.1, 0.15) is 98.4 Å². The van der Waals surface area contributed by atoms with Gasteiger partial charge in [-0.25, -0.2) is 0 Å². The van der Waals surface area contributed by atoms with E-state index in [1.54, 1.807) is 4.68 Å². The zero-order chi connectivity index (χ0) is 39.2. The highest BCUT2D eigenvalue weighted by molar-refractivity contribution is 6.09. The van der Waals surface area contributed by atoms with Crippen LogP contribution in [0, 0.1) is 0 Å². The number of hydrogen-bond acceptors (Lipinski definition) is 7. The summed E-state index contributed by atoms with van der Waals surface area (Å²) in [4.78, 5) is 33.3. The van der Waals surface area contributed by atoms with Crippen molar-refractivity contribution in [3.8, 4) is 0 Å². The van der Waals surface area contributed by atoms with E-state index >= 15 is 0 Å². The standard InChI is InChI=1S/C45H48N8O3/c1-29(28-47-41-26-39(49-50-41)30(2)35-12-8-14-37(24-35)43(54)33-10-6-5-7-11-33)32-16-18-34(19-17-32)44(55)38-15-9-13-36(25-38)31(3)40-27-42(52(4)51-40)48-45(46)53-20-22-56-23-21-53/h5-19,24-27,29-31H,20-23,28H2,1-4H3,(H2,46,48)(H2,47,49,50)/t29-,30?,31?/m0/s1. The fraction of sp³-hybridized carbons (Fsp3) is 0.267. The average Bonchev–Trinajstić information content (AvgIpc) is 3.88. The lowest BCUT2D eigenvalue weighted by molar-refractivity contribution is 0.0675. The summed E-state index contributed by atoms with van der Waals surface area (Å²) in [5, 5.41) is 15.9. The van der Waals surface area contributed by atoms with Crippen LogP contribution in [0.4, 0.5) is 11.6 Å². The molecule has 3 atom stereocenters. The van der Waals surface area contributed by atoms with Gasteiger partial charge in [-0.15, -0.1) is 0 Å². The number of benzene rings is 4. The number of morpholine rings is 1. The van der Waals surface area contributed by atoms with Crippen molar-refractivity contribution in [2.75, 3.05) is 38.2 Å². The minimum Gasteiger partial charge on any atom is -0.378 e. The predicted molar refractivity (Wildman–Crippen MR) is 220 cm³/mol. The highest BCUT2D eigenvalue weighted by Gasteiger charge is 2.20. The number of H-pyrrole nitrogens is 1. The number of nitrogens with two attached hydrogens (primary N) is 1. The van der Waals surface area contributed by atoms with Gasteiger partial charge < -0.3 is 20.7 Å². The number of aromatic amines is 1. The Morgan fingerprint density at radius 1 is 0.768 bits per heavy atom. The number of aromatic nitrogens is 4. The lowest BCUT2D eigenvalue weighted by Crippen LogP contribution is -2.44. The molecule has 1 fully saturated rings. The highest BCUT2D eigenvalue weighted by Crippen LogP contribution is 2.29. The Morgan fingerprint density at radius 3 is 2.04 bits per heavy atom. The monoisotopic (exact) mass is 748 g/mol. The first-order valence-electron chi connectivity index (χ1n) is 19.1. The maximum absolute atomic E-state index is 13.7. The number of anilines is 1. The molecule has 56 heavy (non-hydrogen) atoms. The Bertz CT molecular complexity index is 2320. The fourth-order valence-corrected chi connectivity index (χ4v) is 6.93. The lowest BCUT2D eigenvalue weighted by Gasteiger charge is -2.27. The molecule has 0 radical (unpaired) electrons. The molecule has 1 aliphatic heterocycles. The molecule has 11 heteroatoms. The minimum absolute atomic E-state index is 0.00552. The molecule has 1 aliphatic rings. The molecule has 0 amide bonds. The molecule has 0 saturated carbocycles. The molecule has 4 aromatic carbocycles. The number of guanidine groups is 1. The van der Waals surface area contributed by atoms with Crippen LogP contribution < -0.4 is 11.1 Å². The predicted octanol–water partition coefficient (Wildman–Crippen LogP) is 7.40. The normalized spacial score (nSPS) is 14.9. The molecule has 7 rings (SSSR count). The van der Waals surface area contributed by atoms with Crippen LogP contribution in [-0.4, -0.2) is 75.3 Å². The van der Waals surface area contributed by atoms with Gasteiger partial charge in [0.15, 0.2) is 23.3 Å². The minimum atomic E-state index is -0.0613. The van der Waals surface area contributed by atoms with E-state index in [0.717, 1.165) is 33.9 Å².